The van der Waals surface area contributed by atoms with Crippen molar-refractivity contribution in [3.05, 3.63) is 35.9 Å². The molecule has 1 saturated heterocycles. The summed E-state index contributed by atoms with van der Waals surface area (Å²) >= 11 is 0. The van der Waals surface area contributed by atoms with E-state index in [1.54, 1.807) is 0 Å². The summed E-state index contributed by atoms with van der Waals surface area (Å²) < 4.78 is 0. The molecule has 1 saturated carbocycles. The fourth-order valence-corrected chi connectivity index (χ4v) is 3.56. The second kappa shape index (κ2) is 4.62. The number of nitrogens with one attached hydrogen (secondary N) is 2. The smallest absolute Gasteiger partial charge is 0.315 e. The van der Waals surface area contributed by atoms with Crippen molar-refractivity contribution in [2.24, 2.45) is 11.3 Å². The molecule has 3 atom stereocenters. The summed E-state index contributed by atoms with van der Waals surface area (Å²) in [6, 6.07) is 9.32. The van der Waals surface area contributed by atoms with E-state index in [9.17, 15) is 9.59 Å². The zero-order valence-electron chi connectivity index (χ0n) is 11.8. The average Bonchev–Trinajstić information content (AvgIpc) is 2.36. The fraction of sp³-hybridized carbons (Fsp3) is 0.500. The highest BCUT2D eigenvalue weighted by molar-refractivity contribution is 5.88. The first-order valence-electron chi connectivity index (χ1n) is 7.11. The van der Waals surface area contributed by atoms with Crippen LogP contribution in [0.2, 0.25) is 0 Å². The van der Waals surface area contributed by atoms with Crippen LogP contribution >= 0.6 is 0 Å². The minimum Gasteiger partial charge on any atom is -0.335 e. The molecule has 4 nitrogen and oxygen atoms in total. The van der Waals surface area contributed by atoms with Gasteiger partial charge in [-0.25, -0.2) is 4.79 Å². The molecule has 0 bridgehead atoms. The molecular formula is C16H20N2O2. The Labute approximate surface area is 118 Å². The van der Waals surface area contributed by atoms with Gasteiger partial charge >= 0.3 is 6.03 Å². The van der Waals surface area contributed by atoms with Gasteiger partial charge in [-0.05, 0) is 17.4 Å². The topological polar surface area (TPSA) is 58.2 Å². The van der Waals surface area contributed by atoms with E-state index in [0.717, 1.165) is 12.0 Å². The molecular weight excluding hydrogens is 252 g/mol. The number of carbonyl (C=O) groups is 2. The second-order valence-corrected chi connectivity index (χ2v) is 6.65. The standard InChI is InChI=1S/C16H20N2O2/c1-16(2)8-11-13(12(19)9-16)14(18-15(20)17-11)10-6-4-3-5-7-10/h3-7,11,13-14H,8-9H2,1-2H3,(H2,17,18,20)/t11-,13-,14-/m1/s1. The van der Waals surface area contributed by atoms with Gasteiger partial charge in [0.25, 0.3) is 0 Å². The Kier molecular flexibility index (Phi) is 3.04. The minimum absolute atomic E-state index is 0.0376. The third-order valence-electron chi connectivity index (χ3n) is 4.35. The van der Waals surface area contributed by atoms with Crippen molar-refractivity contribution in [3.63, 3.8) is 0 Å². The first-order valence-corrected chi connectivity index (χ1v) is 7.11. The van der Waals surface area contributed by atoms with E-state index in [1.165, 1.54) is 0 Å². The first-order chi connectivity index (χ1) is 9.46. The summed E-state index contributed by atoms with van der Waals surface area (Å²) in [7, 11) is 0. The van der Waals surface area contributed by atoms with Gasteiger partial charge in [0.15, 0.2) is 0 Å². The number of carbonyl (C=O) groups excluding carboxylic acids is 2. The van der Waals surface area contributed by atoms with Crippen molar-refractivity contribution in [2.45, 2.75) is 38.8 Å². The van der Waals surface area contributed by atoms with Gasteiger partial charge < -0.3 is 10.6 Å². The van der Waals surface area contributed by atoms with Crippen LogP contribution in [0, 0.1) is 11.3 Å². The summed E-state index contributed by atoms with van der Waals surface area (Å²) in [4.78, 5) is 24.4. The summed E-state index contributed by atoms with van der Waals surface area (Å²) in [6.07, 6.45) is 1.43. The number of Topliss-reactive ketones (excluding diaryl/α,β-unsaturated/α-hetero) is 1. The number of fused-ring (bicyclic) bond motifs is 1. The van der Waals surface area contributed by atoms with E-state index in [-0.39, 0.29) is 35.2 Å². The van der Waals surface area contributed by atoms with E-state index in [1.807, 2.05) is 30.3 Å². The Morgan fingerprint density at radius 1 is 1.10 bits per heavy atom. The van der Waals surface area contributed by atoms with Gasteiger partial charge in [0, 0.05) is 12.5 Å². The van der Waals surface area contributed by atoms with Crippen molar-refractivity contribution in [2.75, 3.05) is 0 Å². The molecule has 1 aromatic rings. The molecule has 2 aliphatic rings. The Hall–Kier alpha value is -1.84. The van der Waals surface area contributed by atoms with E-state index >= 15 is 0 Å². The number of urea groups is 1. The molecule has 0 spiro atoms. The molecule has 106 valence electrons. The van der Waals surface area contributed by atoms with Gasteiger partial charge in [-0.2, -0.15) is 0 Å². The lowest BCUT2D eigenvalue weighted by molar-refractivity contribution is -0.130. The highest BCUT2D eigenvalue weighted by Gasteiger charge is 2.48. The molecule has 2 fully saturated rings. The maximum absolute atomic E-state index is 12.5. The quantitative estimate of drug-likeness (QED) is 0.825. The summed E-state index contributed by atoms with van der Waals surface area (Å²) in [5.41, 5.74) is 0.967. The van der Waals surface area contributed by atoms with Crippen molar-refractivity contribution in [1.29, 1.82) is 0 Å². The zero-order valence-corrected chi connectivity index (χ0v) is 11.8. The van der Waals surface area contributed by atoms with E-state index in [4.69, 9.17) is 0 Å². The van der Waals surface area contributed by atoms with Crippen molar-refractivity contribution >= 4 is 11.8 Å². The molecule has 1 aliphatic heterocycles. The van der Waals surface area contributed by atoms with Crippen LogP contribution < -0.4 is 10.6 Å². The molecule has 1 aliphatic carbocycles. The molecule has 0 unspecified atom stereocenters. The lowest BCUT2D eigenvalue weighted by atomic mass is 9.66. The molecule has 0 radical (unpaired) electrons. The van der Waals surface area contributed by atoms with Crippen molar-refractivity contribution < 1.29 is 9.59 Å². The third-order valence-corrected chi connectivity index (χ3v) is 4.35. The molecule has 20 heavy (non-hydrogen) atoms. The predicted molar refractivity (Wildman–Crippen MR) is 76.2 cm³/mol. The van der Waals surface area contributed by atoms with Crippen LogP contribution in [0.5, 0.6) is 0 Å². The van der Waals surface area contributed by atoms with Gasteiger partial charge in [-0.3, -0.25) is 4.79 Å². The van der Waals surface area contributed by atoms with Crippen LogP contribution in [-0.2, 0) is 4.79 Å². The van der Waals surface area contributed by atoms with Crippen LogP contribution in [0.4, 0.5) is 4.79 Å². The average molecular weight is 272 g/mol. The Balaban J connectivity index is 1.95. The van der Waals surface area contributed by atoms with Crippen LogP contribution in [0.1, 0.15) is 38.3 Å². The van der Waals surface area contributed by atoms with E-state index in [2.05, 4.69) is 24.5 Å². The van der Waals surface area contributed by atoms with Crippen molar-refractivity contribution in [3.8, 4) is 0 Å². The number of rotatable bonds is 1. The zero-order chi connectivity index (χ0) is 14.3. The molecule has 4 heteroatoms. The Morgan fingerprint density at radius 2 is 1.80 bits per heavy atom. The van der Waals surface area contributed by atoms with Crippen LogP contribution in [0.3, 0.4) is 0 Å². The van der Waals surface area contributed by atoms with Crippen LogP contribution in [0.15, 0.2) is 30.3 Å². The molecule has 0 aromatic heterocycles. The molecule has 2 N–H and O–H groups in total. The first kappa shape index (κ1) is 13.2. The van der Waals surface area contributed by atoms with Crippen molar-refractivity contribution in [1.82, 2.24) is 10.6 Å². The maximum Gasteiger partial charge on any atom is 0.315 e. The Bertz CT molecular complexity index is 539. The monoisotopic (exact) mass is 272 g/mol. The molecule has 3 rings (SSSR count). The summed E-state index contributed by atoms with van der Waals surface area (Å²) in [6.45, 7) is 4.18. The number of amides is 2. The number of benzene rings is 1. The largest absolute Gasteiger partial charge is 0.335 e. The van der Waals surface area contributed by atoms with Gasteiger partial charge in [-0.1, -0.05) is 44.2 Å². The minimum atomic E-state index is -0.210. The second-order valence-electron chi connectivity index (χ2n) is 6.65. The lowest BCUT2D eigenvalue weighted by Crippen LogP contribution is -2.61. The number of hydrogen-bond acceptors (Lipinski definition) is 2. The van der Waals surface area contributed by atoms with E-state index < -0.39 is 0 Å². The summed E-state index contributed by atoms with van der Waals surface area (Å²) in [5, 5.41) is 5.85. The van der Waals surface area contributed by atoms with Crippen LogP contribution in [0.25, 0.3) is 0 Å². The molecule has 2 amide bonds. The Morgan fingerprint density at radius 3 is 2.50 bits per heavy atom. The predicted octanol–water partition coefficient (Wildman–Crippen LogP) is 2.41. The van der Waals surface area contributed by atoms with E-state index in [0.29, 0.717) is 6.42 Å². The van der Waals surface area contributed by atoms with Gasteiger partial charge in [0.1, 0.15) is 5.78 Å². The summed E-state index contributed by atoms with van der Waals surface area (Å²) in [5.74, 6) is 0.0794. The van der Waals surface area contributed by atoms with Gasteiger partial charge in [0.05, 0.1) is 12.0 Å². The number of ketones is 1. The highest BCUT2D eigenvalue weighted by atomic mass is 16.2. The maximum atomic E-state index is 12.5. The molecule has 1 aromatic carbocycles. The van der Waals surface area contributed by atoms with Crippen LogP contribution in [-0.4, -0.2) is 17.9 Å². The SMILES string of the molecule is CC1(C)CC(=O)[C@@H]2[C@@H](c3ccccc3)NC(=O)N[C@@H]2C1. The molecule has 1 heterocycles. The lowest BCUT2D eigenvalue weighted by Gasteiger charge is -2.46. The highest BCUT2D eigenvalue weighted by Crippen LogP contribution is 2.42. The number of hydrogen-bond donors (Lipinski definition) is 2. The van der Waals surface area contributed by atoms with Gasteiger partial charge in [-0.15, -0.1) is 0 Å². The third kappa shape index (κ3) is 2.30. The fourth-order valence-electron chi connectivity index (χ4n) is 3.56. The van der Waals surface area contributed by atoms with Gasteiger partial charge in [0.2, 0.25) is 0 Å². The normalized spacial score (nSPS) is 32.0.